The molecule has 1 aromatic rings. The van der Waals surface area contributed by atoms with Crippen LogP contribution in [-0.2, 0) is 6.42 Å². The Balaban J connectivity index is 2.43. The molecule has 0 bridgehead atoms. The Hall–Kier alpha value is -1.38. The first kappa shape index (κ1) is 10.1. The number of aromatic nitrogens is 2. The number of fused-ring (bicyclic) bond motifs is 1. The monoisotopic (exact) mass is 203 g/mol. The maximum atomic E-state index is 4.60. The normalized spacial score (nSPS) is 14.1. The van der Waals surface area contributed by atoms with Gasteiger partial charge >= 0.3 is 0 Å². The second-order valence-corrected chi connectivity index (χ2v) is 4.46. The van der Waals surface area contributed by atoms with E-state index in [-0.39, 0.29) is 0 Å². The summed E-state index contributed by atoms with van der Waals surface area (Å²) >= 11 is 0. The standard InChI is InChI=1S/C12H17N3/c1-8(2)10-6-5-9-7-13-12(15(3)4)14-11(9)10/h6-8H,5H2,1-4H3. The van der Waals surface area contributed by atoms with E-state index in [1.807, 2.05) is 25.2 Å². The smallest absolute Gasteiger partial charge is 0.225 e. The Labute approximate surface area is 90.9 Å². The van der Waals surface area contributed by atoms with Crippen molar-refractivity contribution in [3.05, 3.63) is 23.5 Å². The third kappa shape index (κ3) is 1.74. The first-order valence-electron chi connectivity index (χ1n) is 5.33. The Morgan fingerprint density at radius 2 is 2.07 bits per heavy atom. The number of hydrogen-bond donors (Lipinski definition) is 0. The fourth-order valence-electron chi connectivity index (χ4n) is 1.84. The lowest BCUT2D eigenvalue weighted by atomic mass is 10.0. The van der Waals surface area contributed by atoms with Crippen LogP contribution in [0.1, 0.15) is 25.1 Å². The molecule has 0 aromatic carbocycles. The molecule has 3 heteroatoms. The van der Waals surface area contributed by atoms with E-state index in [0.29, 0.717) is 5.92 Å². The van der Waals surface area contributed by atoms with Gasteiger partial charge in [-0.05, 0) is 17.9 Å². The lowest BCUT2D eigenvalue weighted by molar-refractivity contribution is 0.847. The summed E-state index contributed by atoms with van der Waals surface area (Å²) in [4.78, 5) is 10.9. The molecule has 1 aliphatic carbocycles. The van der Waals surface area contributed by atoms with Crippen LogP contribution in [0, 0.1) is 5.92 Å². The fourth-order valence-corrected chi connectivity index (χ4v) is 1.84. The minimum absolute atomic E-state index is 0.538. The molecule has 15 heavy (non-hydrogen) atoms. The zero-order chi connectivity index (χ0) is 11.0. The molecule has 0 radical (unpaired) electrons. The summed E-state index contributed by atoms with van der Waals surface area (Å²) in [6.07, 6.45) is 5.20. The minimum Gasteiger partial charge on any atom is -0.347 e. The van der Waals surface area contributed by atoms with Crippen molar-refractivity contribution in [3.8, 4) is 0 Å². The third-order valence-corrected chi connectivity index (χ3v) is 2.69. The summed E-state index contributed by atoms with van der Waals surface area (Å²) in [5.41, 5.74) is 3.75. The van der Waals surface area contributed by atoms with E-state index in [9.17, 15) is 0 Å². The van der Waals surface area contributed by atoms with Gasteiger partial charge in [0.15, 0.2) is 0 Å². The van der Waals surface area contributed by atoms with Crippen molar-refractivity contribution in [3.63, 3.8) is 0 Å². The van der Waals surface area contributed by atoms with E-state index >= 15 is 0 Å². The molecule has 0 fully saturated rings. The lowest BCUT2D eigenvalue weighted by Gasteiger charge is -2.13. The van der Waals surface area contributed by atoms with Gasteiger partial charge in [-0.3, -0.25) is 0 Å². The fraction of sp³-hybridized carbons (Fsp3) is 0.500. The van der Waals surface area contributed by atoms with Crippen LogP contribution in [0.3, 0.4) is 0 Å². The van der Waals surface area contributed by atoms with Gasteiger partial charge < -0.3 is 4.90 Å². The van der Waals surface area contributed by atoms with Gasteiger partial charge in [-0.25, -0.2) is 9.97 Å². The number of rotatable bonds is 2. The predicted molar refractivity (Wildman–Crippen MR) is 62.9 cm³/mol. The van der Waals surface area contributed by atoms with Crippen molar-refractivity contribution < 1.29 is 0 Å². The van der Waals surface area contributed by atoms with Crippen molar-refractivity contribution in [2.45, 2.75) is 20.3 Å². The molecule has 1 heterocycles. The molecular weight excluding hydrogens is 186 g/mol. The third-order valence-electron chi connectivity index (χ3n) is 2.69. The highest BCUT2D eigenvalue weighted by atomic mass is 15.2. The number of nitrogens with zero attached hydrogens (tertiary/aromatic N) is 3. The van der Waals surface area contributed by atoms with Crippen molar-refractivity contribution in [2.24, 2.45) is 5.92 Å². The molecule has 0 N–H and O–H groups in total. The highest BCUT2D eigenvalue weighted by molar-refractivity contribution is 5.71. The molecule has 0 spiro atoms. The van der Waals surface area contributed by atoms with Crippen LogP contribution in [0.2, 0.25) is 0 Å². The van der Waals surface area contributed by atoms with Crippen molar-refractivity contribution in [1.82, 2.24) is 9.97 Å². The van der Waals surface area contributed by atoms with Crippen LogP contribution in [0.5, 0.6) is 0 Å². The number of hydrogen-bond acceptors (Lipinski definition) is 3. The zero-order valence-corrected chi connectivity index (χ0v) is 9.78. The lowest BCUT2D eigenvalue weighted by Crippen LogP contribution is -2.14. The van der Waals surface area contributed by atoms with Gasteiger partial charge in [0.1, 0.15) is 0 Å². The summed E-state index contributed by atoms with van der Waals surface area (Å²) in [6, 6.07) is 0. The topological polar surface area (TPSA) is 29.0 Å². The van der Waals surface area contributed by atoms with Crippen LogP contribution in [0.25, 0.3) is 5.57 Å². The van der Waals surface area contributed by atoms with E-state index in [1.165, 1.54) is 11.1 Å². The summed E-state index contributed by atoms with van der Waals surface area (Å²) in [5.74, 6) is 1.33. The van der Waals surface area contributed by atoms with E-state index < -0.39 is 0 Å². The molecule has 0 saturated carbocycles. The van der Waals surface area contributed by atoms with Crippen molar-refractivity contribution in [1.29, 1.82) is 0 Å². The average molecular weight is 203 g/mol. The second kappa shape index (κ2) is 3.65. The van der Waals surface area contributed by atoms with Gasteiger partial charge in [0.2, 0.25) is 5.95 Å². The Morgan fingerprint density at radius 1 is 1.33 bits per heavy atom. The summed E-state index contributed by atoms with van der Waals surface area (Å²) in [5, 5.41) is 0. The van der Waals surface area contributed by atoms with Crippen LogP contribution in [0.4, 0.5) is 5.95 Å². The average Bonchev–Trinajstić information content (AvgIpc) is 2.59. The molecule has 0 unspecified atom stereocenters. The predicted octanol–water partition coefficient (Wildman–Crippen LogP) is 2.14. The summed E-state index contributed by atoms with van der Waals surface area (Å²) in [6.45, 7) is 4.41. The van der Waals surface area contributed by atoms with Crippen LogP contribution < -0.4 is 4.90 Å². The molecule has 80 valence electrons. The van der Waals surface area contributed by atoms with Gasteiger partial charge in [-0.2, -0.15) is 0 Å². The molecule has 1 aliphatic rings. The number of anilines is 1. The maximum Gasteiger partial charge on any atom is 0.225 e. The first-order valence-corrected chi connectivity index (χ1v) is 5.33. The molecule has 2 rings (SSSR count). The van der Waals surface area contributed by atoms with E-state index in [4.69, 9.17) is 0 Å². The zero-order valence-electron chi connectivity index (χ0n) is 9.78. The molecule has 1 aromatic heterocycles. The first-order chi connectivity index (χ1) is 7.09. The van der Waals surface area contributed by atoms with Crippen LogP contribution >= 0.6 is 0 Å². The molecule has 3 nitrogen and oxygen atoms in total. The minimum atomic E-state index is 0.538. The molecule has 0 amide bonds. The van der Waals surface area contributed by atoms with Gasteiger partial charge in [0, 0.05) is 25.9 Å². The van der Waals surface area contributed by atoms with E-state index in [2.05, 4.69) is 29.9 Å². The molecule has 0 saturated heterocycles. The highest BCUT2D eigenvalue weighted by Crippen LogP contribution is 2.31. The Bertz CT molecular complexity index is 405. The van der Waals surface area contributed by atoms with E-state index in [1.54, 1.807) is 0 Å². The quantitative estimate of drug-likeness (QED) is 0.737. The van der Waals surface area contributed by atoms with Gasteiger partial charge in [-0.1, -0.05) is 19.9 Å². The van der Waals surface area contributed by atoms with Crippen LogP contribution in [-0.4, -0.2) is 24.1 Å². The Morgan fingerprint density at radius 3 is 2.67 bits per heavy atom. The van der Waals surface area contributed by atoms with Gasteiger partial charge in [0.05, 0.1) is 5.69 Å². The van der Waals surface area contributed by atoms with Crippen molar-refractivity contribution in [2.75, 3.05) is 19.0 Å². The maximum absolute atomic E-state index is 4.60. The molecule has 0 aliphatic heterocycles. The Kier molecular flexibility index (Phi) is 2.47. The van der Waals surface area contributed by atoms with Gasteiger partial charge in [-0.15, -0.1) is 0 Å². The highest BCUT2D eigenvalue weighted by Gasteiger charge is 2.19. The second-order valence-electron chi connectivity index (χ2n) is 4.46. The summed E-state index contributed by atoms with van der Waals surface area (Å²) in [7, 11) is 3.94. The van der Waals surface area contributed by atoms with Crippen molar-refractivity contribution >= 4 is 11.5 Å². The number of allylic oxidation sites excluding steroid dienone is 2. The SMILES string of the molecule is CC(C)C1=CCc2cnc(N(C)C)nc21. The largest absolute Gasteiger partial charge is 0.347 e. The summed E-state index contributed by atoms with van der Waals surface area (Å²) < 4.78 is 0. The molecular formula is C12H17N3. The van der Waals surface area contributed by atoms with Gasteiger partial charge in [0.25, 0.3) is 0 Å². The molecule has 0 atom stereocenters. The van der Waals surface area contributed by atoms with Crippen LogP contribution in [0.15, 0.2) is 12.3 Å². The van der Waals surface area contributed by atoms with E-state index in [0.717, 1.165) is 18.1 Å².